The second-order valence-corrected chi connectivity index (χ2v) is 5.71. The van der Waals surface area contributed by atoms with Crippen LogP contribution in [0.4, 0.5) is 4.39 Å². The van der Waals surface area contributed by atoms with Crippen LogP contribution >= 0.6 is 0 Å². The summed E-state index contributed by atoms with van der Waals surface area (Å²) in [4.78, 5) is 12.4. The zero-order chi connectivity index (χ0) is 17.6. The van der Waals surface area contributed by atoms with Gasteiger partial charge < -0.3 is 14.8 Å². The van der Waals surface area contributed by atoms with Crippen LogP contribution in [0, 0.1) is 11.7 Å². The van der Waals surface area contributed by atoms with Crippen LogP contribution in [0.3, 0.4) is 0 Å². The summed E-state index contributed by atoms with van der Waals surface area (Å²) in [5, 5.41) is 18.9. The quantitative estimate of drug-likeness (QED) is 0.614. The third-order valence-electron chi connectivity index (χ3n) is 3.88. The van der Waals surface area contributed by atoms with E-state index in [0.717, 1.165) is 5.76 Å². The molecule has 2 heterocycles. The van der Waals surface area contributed by atoms with Gasteiger partial charge >= 0.3 is 0 Å². The molecule has 0 saturated carbocycles. The molecule has 0 fully saturated rings. The molecule has 1 amide bonds. The summed E-state index contributed by atoms with van der Waals surface area (Å²) in [6.45, 7) is 0.201. The molecule has 1 atom stereocenters. The van der Waals surface area contributed by atoms with Crippen molar-refractivity contribution < 1.29 is 18.7 Å². The maximum absolute atomic E-state index is 13.4. The minimum Gasteiger partial charge on any atom is -0.469 e. The monoisotopic (exact) mass is 343 g/mol. The zero-order valence-electron chi connectivity index (χ0n) is 13.4. The van der Waals surface area contributed by atoms with Crippen molar-refractivity contribution in [3.63, 3.8) is 0 Å². The first-order valence-electron chi connectivity index (χ1n) is 7.88. The number of halogens is 1. The summed E-state index contributed by atoms with van der Waals surface area (Å²) in [6.07, 6.45) is 3.49. The number of carbonyl (C=O) groups excluding carboxylic acids is 1. The number of H-pyrrole nitrogens is 1. The summed E-state index contributed by atoms with van der Waals surface area (Å²) in [7, 11) is 0. The number of carbonyl (C=O) groups is 1. The average molecular weight is 343 g/mol. The fourth-order valence-corrected chi connectivity index (χ4v) is 2.57. The van der Waals surface area contributed by atoms with Crippen molar-refractivity contribution >= 4 is 5.91 Å². The SMILES string of the molecule is O=C(NC[C@H](CO)Cc1ccco1)c1cn[nH]c1-c1cccc(F)c1. The topological polar surface area (TPSA) is 91.2 Å². The van der Waals surface area contributed by atoms with Crippen LogP contribution in [-0.4, -0.2) is 34.4 Å². The smallest absolute Gasteiger partial charge is 0.255 e. The molecular formula is C18H18FN3O3. The van der Waals surface area contributed by atoms with E-state index in [2.05, 4.69) is 15.5 Å². The molecule has 7 heteroatoms. The van der Waals surface area contributed by atoms with Gasteiger partial charge in [-0.3, -0.25) is 9.89 Å². The van der Waals surface area contributed by atoms with Crippen LogP contribution in [0.1, 0.15) is 16.1 Å². The lowest BCUT2D eigenvalue weighted by Crippen LogP contribution is -2.31. The molecule has 0 radical (unpaired) electrons. The highest BCUT2D eigenvalue weighted by molar-refractivity contribution is 5.99. The number of nitrogens with zero attached hydrogens (tertiary/aromatic N) is 1. The Balaban J connectivity index is 1.67. The first kappa shape index (κ1) is 16.9. The van der Waals surface area contributed by atoms with Gasteiger partial charge in [-0.2, -0.15) is 5.10 Å². The van der Waals surface area contributed by atoms with E-state index in [1.165, 1.54) is 18.3 Å². The highest BCUT2D eigenvalue weighted by Crippen LogP contribution is 2.21. The van der Waals surface area contributed by atoms with E-state index >= 15 is 0 Å². The van der Waals surface area contributed by atoms with Gasteiger partial charge in [0.25, 0.3) is 5.91 Å². The predicted molar refractivity (Wildman–Crippen MR) is 89.3 cm³/mol. The third-order valence-corrected chi connectivity index (χ3v) is 3.88. The van der Waals surface area contributed by atoms with Crippen molar-refractivity contribution in [1.29, 1.82) is 0 Å². The van der Waals surface area contributed by atoms with Crippen LogP contribution in [0.15, 0.2) is 53.3 Å². The number of aromatic amines is 1. The van der Waals surface area contributed by atoms with Gasteiger partial charge in [0.15, 0.2) is 0 Å². The molecule has 3 N–H and O–H groups in total. The maximum Gasteiger partial charge on any atom is 0.255 e. The number of hydrogen-bond donors (Lipinski definition) is 3. The highest BCUT2D eigenvalue weighted by Gasteiger charge is 2.18. The lowest BCUT2D eigenvalue weighted by Gasteiger charge is -2.14. The Labute approximate surface area is 143 Å². The van der Waals surface area contributed by atoms with Gasteiger partial charge in [0.05, 0.1) is 23.7 Å². The second kappa shape index (κ2) is 7.76. The fourth-order valence-electron chi connectivity index (χ4n) is 2.57. The molecule has 3 rings (SSSR count). The highest BCUT2D eigenvalue weighted by atomic mass is 19.1. The van der Waals surface area contributed by atoms with E-state index in [1.54, 1.807) is 24.5 Å². The Kier molecular flexibility index (Phi) is 5.25. The number of benzene rings is 1. The Morgan fingerprint density at radius 2 is 2.24 bits per heavy atom. The van der Waals surface area contributed by atoms with Crippen molar-refractivity contribution in [1.82, 2.24) is 15.5 Å². The molecule has 0 unspecified atom stereocenters. The number of amides is 1. The molecule has 3 aromatic rings. The van der Waals surface area contributed by atoms with Crippen LogP contribution in [0.2, 0.25) is 0 Å². The number of rotatable bonds is 7. The van der Waals surface area contributed by atoms with E-state index in [4.69, 9.17) is 4.42 Å². The number of furan rings is 1. The Hall–Kier alpha value is -2.93. The molecule has 0 aliphatic carbocycles. The summed E-state index contributed by atoms with van der Waals surface area (Å²) in [5.74, 6) is -0.153. The average Bonchev–Trinajstić information content (AvgIpc) is 3.29. The molecular weight excluding hydrogens is 325 g/mol. The van der Waals surface area contributed by atoms with E-state index in [1.807, 2.05) is 6.07 Å². The molecule has 130 valence electrons. The second-order valence-electron chi connectivity index (χ2n) is 5.71. The third kappa shape index (κ3) is 4.13. The van der Waals surface area contributed by atoms with E-state index < -0.39 is 5.82 Å². The van der Waals surface area contributed by atoms with Crippen molar-refractivity contribution in [2.24, 2.45) is 5.92 Å². The summed E-state index contributed by atoms with van der Waals surface area (Å²) in [5.41, 5.74) is 1.31. The summed E-state index contributed by atoms with van der Waals surface area (Å²) < 4.78 is 18.7. The maximum atomic E-state index is 13.4. The van der Waals surface area contributed by atoms with Crippen molar-refractivity contribution in [3.05, 3.63) is 66.0 Å². The van der Waals surface area contributed by atoms with Gasteiger partial charge in [-0.05, 0) is 24.3 Å². The van der Waals surface area contributed by atoms with Crippen molar-refractivity contribution in [3.8, 4) is 11.3 Å². The Morgan fingerprint density at radius 3 is 2.96 bits per heavy atom. The molecule has 0 spiro atoms. The molecule has 0 aliphatic heterocycles. The lowest BCUT2D eigenvalue weighted by atomic mass is 10.0. The molecule has 0 bridgehead atoms. The minimum atomic E-state index is -0.391. The van der Waals surface area contributed by atoms with E-state index in [9.17, 15) is 14.3 Å². The standard InChI is InChI=1S/C18H18FN3O3/c19-14-4-1-3-13(8-14)17-16(10-21-22-17)18(24)20-9-12(11-23)7-15-5-2-6-25-15/h1-6,8,10,12,23H,7,9,11H2,(H,20,24)(H,21,22)/t12-/m1/s1. The first-order chi connectivity index (χ1) is 12.2. The molecule has 2 aromatic heterocycles. The predicted octanol–water partition coefficient (Wildman–Crippen LogP) is 2.39. The minimum absolute atomic E-state index is 0.0802. The normalized spacial score (nSPS) is 12.1. The molecule has 1 aromatic carbocycles. The Morgan fingerprint density at radius 1 is 1.36 bits per heavy atom. The van der Waals surface area contributed by atoms with E-state index in [0.29, 0.717) is 23.2 Å². The van der Waals surface area contributed by atoms with Gasteiger partial charge in [-0.1, -0.05) is 12.1 Å². The Bertz CT molecular complexity index is 830. The zero-order valence-corrected chi connectivity index (χ0v) is 13.4. The van der Waals surface area contributed by atoms with Crippen LogP contribution < -0.4 is 5.32 Å². The first-order valence-corrected chi connectivity index (χ1v) is 7.88. The van der Waals surface area contributed by atoms with Gasteiger partial charge in [0.1, 0.15) is 11.6 Å². The molecule has 0 saturated heterocycles. The summed E-state index contributed by atoms with van der Waals surface area (Å²) in [6, 6.07) is 9.53. The lowest BCUT2D eigenvalue weighted by molar-refractivity contribution is 0.0939. The number of aliphatic hydroxyl groups excluding tert-OH is 1. The van der Waals surface area contributed by atoms with Crippen LogP contribution in [0.5, 0.6) is 0 Å². The number of hydrogen-bond acceptors (Lipinski definition) is 4. The summed E-state index contributed by atoms with van der Waals surface area (Å²) >= 11 is 0. The molecule has 25 heavy (non-hydrogen) atoms. The number of nitrogens with one attached hydrogen (secondary N) is 2. The van der Waals surface area contributed by atoms with Gasteiger partial charge in [0.2, 0.25) is 0 Å². The largest absolute Gasteiger partial charge is 0.469 e. The van der Waals surface area contributed by atoms with Crippen molar-refractivity contribution in [2.75, 3.05) is 13.2 Å². The van der Waals surface area contributed by atoms with Crippen LogP contribution in [0.25, 0.3) is 11.3 Å². The fraction of sp³-hybridized carbons (Fsp3) is 0.222. The van der Waals surface area contributed by atoms with Crippen LogP contribution in [-0.2, 0) is 6.42 Å². The van der Waals surface area contributed by atoms with Gasteiger partial charge in [-0.25, -0.2) is 4.39 Å². The molecule has 0 aliphatic rings. The molecule has 6 nitrogen and oxygen atoms in total. The number of aromatic nitrogens is 2. The van der Waals surface area contributed by atoms with Crippen molar-refractivity contribution in [2.45, 2.75) is 6.42 Å². The van der Waals surface area contributed by atoms with E-state index in [-0.39, 0.29) is 25.0 Å². The van der Waals surface area contributed by atoms with Gasteiger partial charge in [0, 0.05) is 31.1 Å². The van der Waals surface area contributed by atoms with Gasteiger partial charge in [-0.15, -0.1) is 0 Å². The number of aliphatic hydroxyl groups is 1.